The first kappa shape index (κ1) is 20.6. The van der Waals surface area contributed by atoms with Gasteiger partial charge in [0, 0.05) is 17.6 Å². The van der Waals surface area contributed by atoms with Crippen molar-refractivity contribution in [2.75, 3.05) is 27.4 Å². The van der Waals surface area contributed by atoms with Crippen molar-refractivity contribution >= 4 is 37.8 Å². The minimum absolute atomic E-state index is 0.0264. The van der Waals surface area contributed by atoms with Crippen molar-refractivity contribution in [2.45, 2.75) is 13.5 Å². The Morgan fingerprint density at radius 1 is 1.00 bits per heavy atom. The van der Waals surface area contributed by atoms with E-state index in [4.69, 9.17) is 14.2 Å². The largest absolute Gasteiger partial charge is 0.493 e. The fraction of sp³-hybridized carbons (Fsp3) is 0.316. The SMILES string of the molecule is CCN(Cc1ccc(OC)c(OC)c1)C(=O)COc1ccc(Br)cc1Br. The van der Waals surface area contributed by atoms with Crippen molar-refractivity contribution in [3.63, 3.8) is 0 Å². The molecular formula is C19H21Br2NO4. The maximum absolute atomic E-state index is 12.5. The lowest BCUT2D eigenvalue weighted by molar-refractivity contribution is -0.133. The topological polar surface area (TPSA) is 48.0 Å². The Labute approximate surface area is 170 Å². The second-order valence-electron chi connectivity index (χ2n) is 5.46. The highest BCUT2D eigenvalue weighted by Crippen LogP contribution is 2.29. The van der Waals surface area contributed by atoms with Gasteiger partial charge in [-0.3, -0.25) is 4.79 Å². The average Bonchev–Trinajstić information content (AvgIpc) is 2.64. The first-order valence-electron chi connectivity index (χ1n) is 8.05. The summed E-state index contributed by atoms with van der Waals surface area (Å²) in [7, 11) is 3.19. The summed E-state index contributed by atoms with van der Waals surface area (Å²) in [5.41, 5.74) is 0.961. The highest BCUT2D eigenvalue weighted by atomic mass is 79.9. The molecule has 26 heavy (non-hydrogen) atoms. The summed E-state index contributed by atoms with van der Waals surface area (Å²) < 4.78 is 17.9. The van der Waals surface area contributed by atoms with E-state index in [-0.39, 0.29) is 12.5 Å². The van der Waals surface area contributed by atoms with E-state index in [1.807, 2.05) is 43.3 Å². The highest BCUT2D eigenvalue weighted by Gasteiger charge is 2.15. The predicted octanol–water partition coefficient (Wildman–Crippen LogP) is 4.66. The summed E-state index contributed by atoms with van der Waals surface area (Å²) in [6.45, 7) is 2.97. The average molecular weight is 487 g/mol. The van der Waals surface area contributed by atoms with Crippen LogP contribution in [0.2, 0.25) is 0 Å². The lowest BCUT2D eigenvalue weighted by Gasteiger charge is -2.22. The Morgan fingerprint density at radius 3 is 2.31 bits per heavy atom. The second-order valence-corrected chi connectivity index (χ2v) is 7.23. The zero-order chi connectivity index (χ0) is 19.1. The zero-order valence-electron chi connectivity index (χ0n) is 14.9. The summed E-state index contributed by atoms with van der Waals surface area (Å²) in [6.07, 6.45) is 0. The quantitative estimate of drug-likeness (QED) is 0.544. The molecule has 0 saturated heterocycles. The lowest BCUT2D eigenvalue weighted by Crippen LogP contribution is -2.34. The van der Waals surface area contributed by atoms with Gasteiger partial charge in [0.1, 0.15) is 5.75 Å². The number of amides is 1. The van der Waals surface area contributed by atoms with Crippen molar-refractivity contribution in [3.8, 4) is 17.2 Å². The summed E-state index contributed by atoms with van der Waals surface area (Å²) in [5.74, 6) is 1.85. The van der Waals surface area contributed by atoms with Gasteiger partial charge in [-0.1, -0.05) is 22.0 Å². The number of hydrogen-bond donors (Lipinski definition) is 0. The molecule has 0 spiro atoms. The molecule has 2 aromatic carbocycles. The van der Waals surface area contributed by atoms with Crippen molar-refractivity contribution in [1.29, 1.82) is 0 Å². The molecule has 0 aliphatic carbocycles. The molecule has 140 valence electrons. The van der Waals surface area contributed by atoms with E-state index < -0.39 is 0 Å². The molecule has 7 heteroatoms. The third-order valence-electron chi connectivity index (χ3n) is 3.80. The maximum atomic E-state index is 12.5. The molecule has 0 bridgehead atoms. The minimum Gasteiger partial charge on any atom is -0.493 e. The normalized spacial score (nSPS) is 10.3. The van der Waals surface area contributed by atoms with Crippen LogP contribution in [-0.2, 0) is 11.3 Å². The first-order chi connectivity index (χ1) is 12.5. The van der Waals surface area contributed by atoms with Crippen LogP contribution >= 0.6 is 31.9 Å². The molecule has 2 rings (SSSR count). The number of rotatable bonds is 8. The summed E-state index contributed by atoms with van der Waals surface area (Å²) >= 11 is 6.82. The van der Waals surface area contributed by atoms with E-state index in [1.54, 1.807) is 19.1 Å². The third-order valence-corrected chi connectivity index (χ3v) is 4.91. The Balaban J connectivity index is 2.02. The summed E-state index contributed by atoms with van der Waals surface area (Å²) in [5, 5.41) is 0. The number of halogens is 2. The van der Waals surface area contributed by atoms with Gasteiger partial charge >= 0.3 is 0 Å². The molecule has 0 heterocycles. The molecule has 1 amide bonds. The van der Waals surface area contributed by atoms with E-state index in [2.05, 4.69) is 31.9 Å². The number of likely N-dealkylation sites (N-methyl/N-ethyl adjacent to an activating group) is 1. The fourth-order valence-corrected chi connectivity index (χ4v) is 3.56. The highest BCUT2D eigenvalue weighted by molar-refractivity contribution is 9.11. The zero-order valence-corrected chi connectivity index (χ0v) is 18.1. The van der Waals surface area contributed by atoms with Crippen molar-refractivity contribution in [3.05, 3.63) is 50.9 Å². The number of methoxy groups -OCH3 is 2. The van der Waals surface area contributed by atoms with Gasteiger partial charge < -0.3 is 19.1 Å². The van der Waals surface area contributed by atoms with Crippen LogP contribution in [0.4, 0.5) is 0 Å². The Bertz CT molecular complexity index is 767. The number of carbonyl (C=O) groups is 1. The van der Waals surface area contributed by atoms with Crippen LogP contribution in [0, 0.1) is 0 Å². The molecule has 5 nitrogen and oxygen atoms in total. The molecule has 0 N–H and O–H groups in total. The molecule has 2 aromatic rings. The number of nitrogens with zero attached hydrogens (tertiary/aromatic N) is 1. The van der Waals surface area contributed by atoms with Gasteiger partial charge in [-0.25, -0.2) is 0 Å². The lowest BCUT2D eigenvalue weighted by atomic mass is 10.2. The predicted molar refractivity (Wildman–Crippen MR) is 108 cm³/mol. The molecule has 0 radical (unpaired) electrons. The standard InChI is InChI=1S/C19H21Br2NO4/c1-4-22(11-13-5-7-17(24-2)18(9-13)25-3)19(23)12-26-16-8-6-14(20)10-15(16)21/h5-10H,4,11-12H2,1-3H3. The van der Waals surface area contributed by atoms with Crippen LogP contribution in [0.1, 0.15) is 12.5 Å². The van der Waals surface area contributed by atoms with Crippen LogP contribution < -0.4 is 14.2 Å². The Kier molecular flexibility index (Phi) is 7.78. The van der Waals surface area contributed by atoms with Gasteiger partial charge in [0.2, 0.25) is 0 Å². The number of hydrogen-bond acceptors (Lipinski definition) is 4. The van der Waals surface area contributed by atoms with Gasteiger partial charge in [0.15, 0.2) is 18.1 Å². The molecule has 0 atom stereocenters. The van der Waals surface area contributed by atoms with Crippen LogP contribution in [0.5, 0.6) is 17.2 Å². The van der Waals surface area contributed by atoms with E-state index in [9.17, 15) is 4.79 Å². The molecular weight excluding hydrogens is 466 g/mol. The van der Waals surface area contributed by atoms with Gasteiger partial charge in [-0.2, -0.15) is 0 Å². The van der Waals surface area contributed by atoms with E-state index >= 15 is 0 Å². The third kappa shape index (κ3) is 5.38. The van der Waals surface area contributed by atoms with E-state index in [0.29, 0.717) is 30.3 Å². The van der Waals surface area contributed by atoms with Crippen LogP contribution in [-0.4, -0.2) is 38.2 Å². The minimum atomic E-state index is -0.0860. The smallest absolute Gasteiger partial charge is 0.260 e. The molecule has 0 aliphatic rings. The number of benzene rings is 2. The second kappa shape index (κ2) is 9.83. The van der Waals surface area contributed by atoms with Crippen LogP contribution in [0.3, 0.4) is 0 Å². The number of ether oxygens (including phenoxy) is 3. The monoisotopic (exact) mass is 485 g/mol. The molecule has 0 unspecified atom stereocenters. The van der Waals surface area contributed by atoms with Gasteiger partial charge in [0.05, 0.1) is 18.7 Å². The Hall–Kier alpha value is -1.73. The molecule has 0 aromatic heterocycles. The van der Waals surface area contributed by atoms with E-state index in [1.165, 1.54) is 0 Å². The van der Waals surface area contributed by atoms with Crippen LogP contribution in [0.25, 0.3) is 0 Å². The number of carbonyl (C=O) groups excluding carboxylic acids is 1. The van der Waals surface area contributed by atoms with Gasteiger partial charge in [0.25, 0.3) is 5.91 Å². The first-order valence-corrected chi connectivity index (χ1v) is 9.63. The fourth-order valence-electron chi connectivity index (χ4n) is 2.40. The molecule has 0 aliphatic heterocycles. The maximum Gasteiger partial charge on any atom is 0.260 e. The van der Waals surface area contributed by atoms with E-state index in [0.717, 1.165) is 14.5 Å². The van der Waals surface area contributed by atoms with Gasteiger partial charge in [-0.05, 0) is 58.7 Å². The molecule has 0 fully saturated rings. The van der Waals surface area contributed by atoms with Gasteiger partial charge in [-0.15, -0.1) is 0 Å². The van der Waals surface area contributed by atoms with Crippen molar-refractivity contribution in [1.82, 2.24) is 4.90 Å². The van der Waals surface area contributed by atoms with Crippen LogP contribution in [0.15, 0.2) is 45.3 Å². The Morgan fingerprint density at radius 2 is 1.69 bits per heavy atom. The molecule has 0 saturated carbocycles. The van der Waals surface area contributed by atoms with Crippen molar-refractivity contribution in [2.24, 2.45) is 0 Å². The summed E-state index contributed by atoms with van der Waals surface area (Å²) in [4.78, 5) is 14.3. The van der Waals surface area contributed by atoms with Crippen molar-refractivity contribution < 1.29 is 19.0 Å². The summed E-state index contributed by atoms with van der Waals surface area (Å²) in [6, 6.07) is 11.2.